The zero-order valence-electron chi connectivity index (χ0n) is 13.8. The molecule has 124 valence electrons. The summed E-state index contributed by atoms with van der Waals surface area (Å²) in [5.41, 5.74) is 1.23. The molecule has 2 atom stereocenters. The second-order valence-corrected chi connectivity index (χ2v) is 6.02. The van der Waals surface area contributed by atoms with Gasteiger partial charge in [0.1, 0.15) is 0 Å². The lowest BCUT2D eigenvalue weighted by atomic mass is 9.96. The molecule has 0 aromatic heterocycles. The lowest BCUT2D eigenvalue weighted by molar-refractivity contribution is -0.138. The summed E-state index contributed by atoms with van der Waals surface area (Å²) in [6.45, 7) is 7.08. The summed E-state index contributed by atoms with van der Waals surface area (Å²) in [6, 6.07) is 10.5. The zero-order chi connectivity index (χ0) is 15.1. The van der Waals surface area contributed by atoms with Gasteiger partial charge in [-0.05, 0) is 38.3 Å². The van der Waals surface area contributed by atoms with Crippen LogP contribution in [0.15, 0.2) is 30.3 Å². The van der Waals surface area contributed by atoms with Gasteiger partial charge < -0.3 is 10.2 Å². The molecule has 4 heteroatoms. The van der Waals surface area contributed by atoms with Crippen LogP contribution in [0.25, 0.3) is 0 Å². The zero-order valence-corrected chi connectivity index (χ0v) is 14.6. The molecule has 2 unspecified atom stereocenters. The van der Waals surface area contributed by atoms with Crippen molar-refractivity contribution in [2.24, 2.45) is 5.92 Å². The van der Waals surface area contributed by atoms with Gasteiger partial charge in [-0.2, -0.15) is 0 Å². The van der Waals surface area contributed by atoms with Gasteiger partial charge >= 0.3 is 0 Å². The third kappa shape index (κ3) is 4.99. The monoisotopic (exact) mass is 324 g/mol. The minimum absolute atomic E-state index is 0. The first-order valence-electron chi connectivity index (χ1n) is 8.30. The molecular weight excluding hydrogens is 296 g/mol. The average molecular weight is 325 g/mol. The van der Waals surface area contributed by atoms with E-state index >= 15 is 0 Å². The van der Waals surface area contributed by atoms with Crippen LogP contribution in [-0.4, -0.2) is 30.4 Å². The summed E-state index contributed by atoms with van der Waals surface area (Å²) in [5, 5.41) is 3.36. The Morgan fingerprint density at radius 2 is 2.09 bits per heavy atom. The van der Waals surface area contributed by atoms with E-state index in [4.69, 9.17) is 0 Å². The summed E-state index contributed by atoms with van der Waals surface area (Å²) in [5.74, 6) is 0.480. The van der Waals surface area contributed by atoms with E-state index in [1.165, 1.54) is 5.56 Å². The lowest BCUT2D eigenvalue weighted by Crippen LogP contribution is -2.44. The van der Waals surface area contributed by atoms with Crippen LogP contribution in [0, 0.1) is 5.92 Å². The Bertz CT molecular complexity index is 432. The van der Waals surface area contributed by atoms with Crippen LogP contribution in [0.2, 0.25) is 0 Å². The summed E-state index contributed by atoms with van der Waals surface area (Å²) in [7, 11) is 0. The van der Waals surface area contributed by atoms with Crippen molar-refractivity contribution in [2.75, 3.05) is 19.6 Å². The molecular formula is C18H29ClN2O. The number of halogens is 1. The second-order valence-electron chi connectivity index (χ2n) is 6.02. The van der Waals surface area contributed by atoms with Crippen molar-refractivity contribution in [3.8, 4) is 0 Å². The van der Waals surface area contributed by atoms with E-state index in [1.54, 1.807) is 0 Å². The molecule has 22 heavy (non-hydrogen) atoms. The van der Waals surface area contributed by atoms with Gasteiger partial charge in [0.15, 0.2) is 0 Å². The molecule has 0 aliphatic carbocycles. The Balaban J connectivity index is 0.00000242. The normalized spacial score (nSPS) is 19.1. The van der Waals surface area contributed by atoms with E-state index in [1.807, 2.05) is 6.07 Å². The van der Waals surface area contributed by atoms with Gasteiger partial charge in [0.05, 0.1) is 12.0 Å². The van der Waals surface area contributed by atoms with Crippen LogP contribution in [0.5, 0.6) is 0 Å². The van der Waals surface area contributed by atoms with Crippen molar-refractivity contribution in [3.05, 3.63) is 35.9 Å². The number of nitrogens with zero attached hydrogens (tertiary/aromatic N) is 1. The van der Waals surface area contributed by atoms with E-state index < -0.39 is 0 Å². The van der Waals surface area contributed by atoms with Crippen LogP contribution in [0.3, 0.4) is 0 Å². The van der Waals surface area contributed by atoms with Crippen molar-refractivity contribution in [2.45, 2.75) is 45.6 Å². The molecule has 2 rings (SSSR count). The van der Waals surface area contributed by atoms with Crippen LogP contribution >= 0.6 is 12.4 Å². The molecule has 1 heterocycles. The van der Waals surface area contributed by atoms with Gasteiger partial charge in [-0.3, -0.25) is 4.79 Å². The Kier molecular flexibility index (Phi) is 8.51. The molecule has 0 radical (unpaired) electrons. The van der Waals surface area contributed by atoms with Gasteiger partial charge in [0.2, 0.25) is 5.91 Å². The summed E-state index contributed by atoms with van der Waals surface area (Å²) in [4.78, 5) is 15.0. The summed E-state index contributed by atoms with van der Waals surface area (Å²) in [6.07, 6.45) is 4.32. The van der Waals surface area contributed by atoms with E-state index in [0.29, 0.717) is 5.91 Å². The maximum absolute atomic E-state index is 12.9. The van der Waals surface area contributed by atoms with Gasteiger partial charge in [0.25, 0.3) is 0 Å². The van der Waals surface area contributed by atoms with Crippen molar-refractivity contribution >= 4 is 18.3 Å². The number of amides is 1. The largest absolute Gasteiger partial charge is 0.336 e. The highest BCUT2D eigenvalue weighted by molar-refractivity contribution is 5.85. The number of benzene rings is 1. The van der Waals surface area contributed by atoms with Gasteiger partial charge in [-0.1, -0.05) is 43.7 Å². The number of carbonyl (C=O) groups is 1. The molecule has 0 spiro atoms. The second kappa shape index (κ2) is 9.86. The average Bonchev–Trinajstić information content (AvgIpc) is 2.56. The topological polar surface area (TPSA) is 32.3 Å². The third-order valence-electron chi connectivity index (χ3n) is 4.43. The number of hydrogen-bond donors (Lipinski definition) is 1. The Hall–Kier alpha value is -1.06. The van der Waals surface area contributed by atoms with Crippen LogP contribution in [0.4, 0.5) is 0 Å². The molecule has 1 aliphatic rings. The van der Waals surface area contributed by atoms with Crippen LogP contribution < -0.4 is 5.32 Å². The van der Waals surface area contributed by atoms with Gasteiger partial charge in [-0.15, -0.1) is 12.4 Å². The van der Waals surface area contributed by atoms with E-state index in [-0.39, 0.29) is 24.4 Å². The predicted molar refractivity (Wildman–Crippen MR) is 94.3 cm³/mol. The lowest BCUT2D eigenvalue weighted by Gasteiger charge is -2.34. The fraction of sp³-hybridized carbons (Fsp3) is 0.611. The molecule has 1 aromatic carbocycles. The molecule has 1 amide bonds. The first kappa shape index (κ1) is 19.0. The predicted octanol–water partition coefficient (Wildman–Crippen LogP) is 3.80. The molecule has 1 fully saturated rings. The number of nitrogens with one attached hydrogen (secondary N) is 1. The number of carbonyl (C=O) groups excluding carboxylic acids is 1. The fourth-order valence-electron chi connectivity index (χ4n) is 3.03. The van der Waals surface area contributed by atoms with Crippen LogP contribution in [-0.2, 0) is 4.79 Å². The number of hydrogen-bond acceptors (Lipinski definition) is 2. The van der Waals surface area contributed by atoms with Gasteiger partial charge in [-0.25, -0.2) is 0 Å². The van der Waals surface area contributed by atoms with Crippen LogP contribution in [0.1, 0.15) is 51.1 Å². The molecule has 0 bridgehead atoms. The molecule has 1 N–H and O–H groups in total. The van der Waals surface area contributed by atoms with Crippen molar-refractivity contribution < 1.29 is 4.79 Å². The summed E-state index contributed by atoms with van der Waals surface area (Å²) >= 11 is 0. The van der Waals surface area contributed by atoms with E-state index in [0.717, 1.165) is 45.3 Å². The smallest absolute Gasteiger partial charge is 0.227 e. The first-order valence-corrected chi connectivity index (χ1v) is 8.30. The highest BCUT2D eigenvalue weighted by atomic mass is 35.5. The molecule has 1 aliphatic heterocycles. The highest BCUT2D eigenvalue weighted by Gasteiger charge is 2.28. The van der Waals surface area contributed by atoms with E-state index in [9.17, 15) is 4.79 Å². The SMILES string of the molecule is CCCCN(C(=O)C1CCCNC1)C(C)c1ccccc1.Cl. The summed E-state index contributed by atoms with van der Waals surface area (Å²) < 4.78 is 0. The third-order valence-corrected chi connectivity index (χ3v) is 4.43. The number of unbranched alkanes of at least 4 members (excludes halogenated alkanes) is 1. The van der Waals surface area contributed by atoms with Crippen molar-refractivity contribution in [1.29, 1.82) is 0 Å². The molecule has 0 saturated carbocycles. The minimum Gasteiger partial charge on any atom is -0.336 e. The van der Waals surface area contributed by atoms with E-state index in [2.05, 4.69) is 48.3 Å². The van der Waals surface area contributed by atoms with Crippen molar-refractivity contribution in [3.63, 3.8) is 0 Å². The molecule has 1 aromatic rings. The quantitative estimate of drug-likeness (QED) is 0.863. The number of piperidine rings is 1. The standard InChI is InChI=1S/C18H28N2O.ClH/c1-3-4-13-20(15(2)16-9-6-5-7-10-16)18(21)17-11-8-12-19-14-17;/h5-7,9-10,15,17,19H,3-4,8,11-14H2,1-2H3;1H. The minimum atomic E-state index is 0. The number of rotatable bonds is 6. The maximum atomic E-state index is 12.9. The molecule has 3 nitrogen and oxygen atoms in total. The Morgan fingerprint density at radius 3 is 2.68 bits per heavy atom. The molecule has 1 saturated heterocycles. The highest BCUT2D eigenvalue weighted by Crippen LogP contribution is 2.24. The first-order chi connectivity index (χ1) is 10.2. The fourth-order valence-corrected chi connectivity index (χ4v) is 3.03. The Labute approximate surface area is 140 Å². The Morgan fingerprint density at radius 1 is 1.36 bits per heavy atom. The van der Waals surface area contributed by atoms with Gasteiger partial charge in [0, 0.05) is 13.1 Å². The van der Waals surface area contributed by atoms with Crippen molar-refractivity contribution in [1.82, 2.24) is 10.2 Å². The maximum Gasteiger partial charge on any atom is 0.227 e.